The van der Waals surface area contributed by atoms with Crippen LogP contribution in [-0.2, 0) is 4.74 Å². The van der Waals surface area contributed by atoms with E-state index >= 15 is 0 Å². The zero-order valence-corrected chi connectivity index (χ0v) is 18.2. The molecule has 0 amide bonds. The number of rotatable bonds is 3. The molecule has 0 aromatic heterocycles. The second kappa shape index (κ2) is 7.84. The number of nitrogens with zero attached hydrogens (tertiary/aromatic N) is 3. The molecule has 0 bridgehead atoms. The lowest BCUT2D eigenvalue weighted by molar-refractivity contribution is -0.0663. The van der Waals surface area contributed by atoms with Crippen molar-refractivity contribution in [2.45, 2.75) is 37.8 Å². The maximum Gasteiger partial charge on any atom is 0.170 e. The van der Waals surface area contributed by atoms with Gasteiger partial charge in [0.1, 0.15) is 11.3 Å². The fourth-order valence-corrected chi connectivity index (χ4v) is 4.89. The number of hydrogen-bond acceptors (Lipinski definition) is 5. The van der Waals surface area contributed by atoms with E-state index in [1.165, 1.54) is 0 Å². The first-order chi connectivity index (χ1) is 14.0. The topological polar surface area (TPSA) is 46.4 Å². The average molecular weight is 410 g/mol. The second-order valence-corrected chi connectivity index (χ2v) is 8.75. The van der Waals surface area contributed by atoms with E-state index in [1.807, 2.05) is 42.5 Å². The predicted octanol–water partition coefficient (Wildman–Crippen LogP) is 5.29. The molecule has 6 heteroatoms. The largest absolute Gasteiger partial charge is 0.497 e. The third-order valence-electron chi connectivity index (χ3n) is 5.45. The number of aliphatic imine (C=N–C) groups is 2. The lowest BCUT2D eigenvalue weighted by Crippen LogP contribution is -2.59. The minimum Gasteiger partial charge on any atom is -0.497 e. The van der Waals surface area contributed by atoms with Crippen molar-refractivity contribution in [1.29, 1.82) is 0 Å². The Morgan fingerprint density at radius 3 is 2.62 bits per heavy atom. The van der Waals surface area contributed by atoms with E-state index in [0.717, 1.165) is 41.0 Å². The summed E-state index contributed by atoms with van der Waals surface area (Å²) in [5, 5.41) is 0.950. The highest BCUT2D eigenvalue weighted by Crippen LogP contribution is 2.46. The molecule has 0 unspecified atom stereocenters. The summed E-state index contributed by atoms with van der Waals surface area (Å²) in [7, 11) is 1.70. The Labute approximate surface area is 176 Å². The molecular formula is C23H27N3O2S. The smallest absolute Gasteiger partial charge is 0.170 e. The summed E-state index contributed by atoms with van der Waals surface area (Å²) in [5.41, 5.74) is 1.36. The molecular weight excluding hydrogens is 382 g/mol. The van der Waals surface area contributed by atoms with Crippen LogP contribution in [0.1, 0.15) is 26.7 Å². The highest BCUT2D eigenvalue weighted by atomic mass is 32.2. The summed E-state index contributed by atoms with van der Waals surface area (Å²) >= 11 is 1.64. The maximum absolute atomic E-state index is 6.08. The number of anilines is 1. The van der Waals surface area contributed by atoms with Gasteiger partial charge in [-0.25, -0.2) is 9.98 Å². The van der Waals surface area contributed by atoms with E-state index in [-0.39, 0.29) is 11.1 Å². The summed E-state index contributed by atoms with van der Waals surface area (Å²) in [6, 6.07) is 18.2. The van der Waals surface area contributed by atoms with Gasteiger partial charge in [-0.3, -0.25) is 0 Å². The van der Waals surface area contributed by atoms with Gasteiger partial charge in [-0.05, 0) is 44.4 Å². The van der Waals surface area contributed by atoms with E-state index < -0.39 is 0 Å². The van der Waals surface area contributed by atoms with Gasteiger partial charge < -0.3 is 14.4 Å². The molecule has 2 aromatic rings. The fourth-order valence-electron chi connectivity index (χ4n) is 4.25. The second-order valence-electron chi connectivity index (χ2n) is 7.97. The summed E-state index contributed by atoms with van der Waals surface area (Å²) in [5.74, 6) is 1.69. The van der Waals surface area contributed by atoms with Crippen molar-refractivity contribution in [3.63, 3.8) is 0 Å². The van der Waals surface area contributed by atoms with E-state index in [4.69, 9.17) is 19.5 Å². The van der Waals surface area contributed by atoms with Crippen LogP contribution in [0.15, 0.2) is 64.6 Å². The number of hydrogen-bond donors (Lipinski definition) is 0. The van der Waals surface area contributed by atoms with Gasteiger partial charge in [0.05, 0.1) is 18.4 Å². The van der Waals surface area contributed by atoms with Crippen LogP contribution in [-0.4, -0.2) is 42.1 Å². The minimum atomic E-state index is -0.359. The Morgan fingerprint density at radius 2 is 1.93 bits per heavy atom. The molecule has 0 radical (unpaired) electrons. The molecule has 1 fully saturated rings. The summed E-state index contributed by atoms with van der Waals surface area (Å²) in [4.78, 5) is 12.4. The third kappa shape index (κ3) is 3.79. The zero-order chi connectivity index (χ0) is 20.5. The van der Waals surface area contributed by atoms with Gasteiger partial charge in [0.2, 0.25) is 0 Å². The van der Waals surface area contributed by atoms with Crippen molar-refractivity contribution < 1.29 is 9.47 Å². The lowest BCUT2D eigenvalue weighted by Gasteiger charge is -2.47. The van der Waals surface area contributed by atoms with Crippen molar-refractivity contribution in [2.75, 3.05) is 24.9 Å². The van der Waals surface area contributed by atoms with Gasteiger partial charge in [0.15, 0.2) is 11.0 Å². The number of methoxy groups -OCH3 is 1. The highest BCUT2D eigenvalue weighted by Gasteiger charge is 2.54. The first-order valence-corrected chi connectivity index (χ1v) is 11.1. The zero-order valence-electron chi connectivity index (χ0n) is 17.4. The molecule has 0 N–H and O–H groups in total. The van der Waals surface area contributed by atoms with Crippen LogP contribution in [0.25, 0.3) is 0 Å². The van der Waals surface area contributed by atoms with E-state index in [0.29, 0.717) is 6.61 Å². The minimum absolute atomic E-state index is 0.268. The highest BCUT2D eigenvalue weighted by molar-refractivity contribution is 8.13. The summed E-state index contributed by atoms with van der Waals surface area (Å²) in [6.07, 6.45) is 3.69. The molecule has 4 rings (SSSR count). The van der Waals surface area contributed by atoms with E-state index in [1.54, 1.807) is 18.9 Å². The Kier molecular flexibility index (Phi) is 5.40. The van der Waals surface area contributed by atoms with Crippen LogP contribution in [0.5, 0.6) is 5.75 Å². The molecule has 1 saturated heterocycles. The quantitative estimate of drug-likeness (QED) is 0.691. The van der Waals surface area contributed by atoms with Crippen molar-refractivity contribution >= 4 is 34.1 Å². The molecule has 152 valence electrons. The van der Waals surface area contributed by atoms with E-state index in [9.17, 15) is 0 Å². The van der Waals surface area contributed by atoms with Gasteiger partial charge >= 0.3 is 0 Å². The predicted molar refractivity (Wildman–Crippen MR) is 122 cm³/mol. The van der Waals surface area contributed by atoms with Gasteiger partial charge in [-0.1, -0.05) is 36.0 Å². The normalized spacial score (nSPS) is 24.8. The fraction of sp³-hybridized carbons (Fsp3) is 0.391. The Hall–Kier alpha value is -2.31. The molecule has 2 heterocycles. The molecule has 1 spiro atoms. The number of ether oxygens (including phenoxy) is 2. The molecule has 2 aliphatic heterocycles. The lowest BCUT2D eigenvalue weighted by atomic mass is 9.79. The van der Waals surface area contributed by atoms with Crippen LogP contribution < -0.4 is 9.64 Å². The first-order valence-electron chi connectivity index (χ1n) is 9.83. The van der Waals surface area contributed by atoms with Crippen LogP contribution in [0.4, 0.5) is 11.4 Å². The van der Waals surface area contributed by atoms with Crippen LogP contribution in [0.2, 0.25) is 0 Å². The molecule has 0 saturated carbocycles. The molecule has 0 aliphatic carbocycles. The van der Waals surface area contributed by atoms with Crippen molar-refractivity contribution in [3.05, 3.63) is 54.6 Å². The molecule has 29 heavy (non-hydrogen) atoms. The number of benzene rings is 2. The van der Waals surface area contributed by atoms with Gasteiger partial charge in [0, 0.05) is 31.2 Å². The maximum atomic E-state index is 6.08. The van der Waals surface area contributed by atoms with Crippen molar-refractivity contribution in [3.8, 4) is 5.75 Å². The molecule has 1 atom stereocenters. The van der Waals surface area contributed by atoms with Gasteiger partial charge in [-0.15, -0.1) is 0 Å². The number of amidine groups is 2. The summed E-state index contributed by atoms with van der Waals surface area (Å²) < 4.78 is 11.6. The van der Waals surface area contributed by atoms with Crippen molar-refractivity contribution in [2.24, 2.45) is 9.98 Å². The summed E-state index contributed by atoms with van der Waals surface area (Å²) in [6.45, 7) is 4.96. The SMILES string of the molecule is COc1cccc(N2C(SC)=NC(=Nc3ccccc3)[C@@]23CCOC(C)(C)C3)c1. The van der Waals surface area contributed by atoms with E-state index in [2.05, 4.69) is 37.1 Å². The third-order valence-corrected chi connectivity index (χ3v) is 6.09. The molecule has 2 aliphatic rings. The van der Waals surface area contributed by atoms with Crippen LogP contribution in [0.3, 0.4) is 0 Å². The Balaban J connectivity index is 1.88. The van der Waals surface area contributed by atoms with Crippen LogP contribution in [0, 0.1) is 0 Å². The Morgan fingerprint density at radius 1 is 1.14 bits per heavy atom. The van der Waals surface area contributed by atoms with Gasteiger partial charge in [-0.2, -0.15) is 0 Å². The van der Waals surface area contributed by atoms with Crippen molar-refractivity contribution in [1.82, 2.24) is 0 Å². The molecule has 2 aromatic carbocycles. The number of para-hydroxylation sites is 1. The average Bonchev–Trinajstić information content (AvgIpc) is 3.00. The number of thioether (sulfide) groups is 1. The Bertz CT molecular complexity index is 942. The van der Waals surface area contributed by atoms with Crippen LogP contribution >= 0.6 is 11.8 Å². The monoisotopic (exact) mass is 409 g/mol. The standard InChI is InChI=1S/C23H27N3O2S/c1-22(2)16-23(13-14-28-22)20(24-17-9-6-5-7-10-17)25-21(29-4)26(23)18-11-8-12-19(15-18)27-3/h5-12,15H,13-14,16H2,1-4H3/t23-/m0/s1. The van der Waals surface area contributed by atoms with Gasteiger partial charge in [0.25, 0.3) is 0 Å². The molecule has 5 nitrogen and oxygen atoms in total. The first kappa shape index (κ1) is 20.0.